The summed E-state index contributed by atoms with van der Waals surface area (Å²) < 4.78 is 5.75. The SMILES string of the molecule is Cc1ccc2c(C)c(C(=O)c3ccccc3)oc2c1. The molecule has 0 amide bonds. The normalized spacial score (nSPS) is 10.8. The minimum absolute atomic E-state index is 0.0630. The molecule has 3 aromatic rings. The summed E-state index contributed by atoms with van der Waals surface area (Å²) in [6.07, 6.45) is 0. The van der Waals surface area contributed by atoms with E-state index in [0.717, 1.165) is 22.1 Å². The van der Waals surface area contributed by atoms with E-state index >= 15 is 0 Å². The molecule has 0 atom stereocenters. The molecule has 0 unspecified atom stereocenters. The van der Waals surface area contributed by atoms with E-state index in [0.29, 0.717) is 11.3 Å². The van der Waals surface area contributed by atoms with Crippen LogP contribution in [0.2, 0.25) is 0 Å². The van der Waals surface area contributed by atoms with E-state index < -0.39 is 0 Å². The molecule has 2 heteroatoms. The molecular formula is C17H14O2. The van der Waals surface area contributed by atoms with Crippen molar-refractivity contribution in [3.63, 3.8) is 0 Å². The van der Waals surface area contributed by atoms with E-state index in [9.17, 15) is 4.79 Å². The van der Waals surface area contributed by atoms with E-state index in [-0.39, 0.29) is 5.78 Å². The third-order valence-corrected chi connectivity index (χ3v) is 3.34. The Morgan fingerprint density at radius 1 is 1.00 bits per heavy atom. The molecule has 0 saturated carbocycles. The van der Waals surface area contributed by atoms with Gasteiger partial charge in [-0.05, 0) is 25.5 Å². The summed E-state index contributed by atoms with van der Waals surface area (Å²) in [4.78, 5) is 12.4. The van der Waals surface area contributed by atoms with Crippen molar-refractivity contribution in [1.82, 2.24) is 0 Å². The molecule has 2 nitrogen and oxygen atoms in total. The Labute approximate surface area is 111 Å². The highest BCUT2D eigenvalue weighted by Gasteiger charge is 2.18. The second-order valence-corrected chi connectivity index (χ2v) is 4.75. The van der Waals surface area contributed by atoms with Crippen molar-refractivity contribution in [2.45, 2.75) is 13.8 Å². The van der Waals surface area contributed by atoms with Gasteiger partial charge in [0.1, 0.15) is 5.58 Å². The maximum Gasteiger partial charge on any atom is 0.228 e. The van der Waals surface area contributed by atoms with E-state index in [4.69, 9.17) is 4.42 Å². The summed E-state index contributed by atoms with van der Waals surface area (Å²) in [6.45, 7) is 3.94. The number of rotatable bonds is 2. The van der Waals surface area contributed by atoms with Crippen LogP contribution in [0.3, 0.4) is 0 Å². The third kappa shape index (κ3) is 1.95. The molecule has 0 bridgehead atoms. The van der Waals surface area contributed by atoms with Crippen LogP contribution in [0.1, 0.15) is 27.2 Å². The molecule has 94 valence electrons. The number of aryl methyl sites for hydroxylation is 2. The Balaban J connectivity index is 2.16. The molecule has 0 aliphatic rings. The Bertz CT molecular complexity index is 752. The van der Waals surface area contributed by atoms with Crippen molar-refractivity contribution in [1.29, 1.82) is 0 Å². The van der Waals surface area contributed by atoms with Gasteiger partial charge in [0.2, 0.25) is 5.78 Å². The lowest BCUT2D eigenvalue weighted by atomic mass is 10.0. The fourth-order valence-corrected chi connectivity index (χ4v) is 2.27. The molecule has 0 aliphatic heterocycles. The molecule has 3 rings (SSSR count). The number of hydrogen-bond donors (Lipinski definition) is 0. The van der Waals surface area contributed by atoms with E-state index in [1.54, 1.807) is 12.1 Å². The van der Waals surface area contributed by atoms with Crippen molar-refractivity contribution in [3.8, 4) is 0 Å². The predicted molar refractivity (Wildman–Crippen MR) is 75.6 cm³/mol. The molecule has 19 heavy (non-hydrogen) atoms. The number of carbonyl (C=O) groups is 1. The summed E-state index contributed by atoms with van der Waals surface area (Å²) in [6, 6.07) is 15.2. The van der Waals surface area contributed by atoms with Gasteiger partial charge in [0.25, 0.3) is 0 Å². The number of fused-ring (bicyclic) bond motifs is 1. The molecule has 0 saturated heterocycles. The highest BCUT2D eigenvalue weighted by atomic mass is 16.3. The van der Waals surface area contributed by atoms with E-state index in [2.05, 4.69) is 0 Å². The molecular weight excluding hydrogens is 236 g/mol. The van der Waals surface area contributed by atoms with Gasteiger partial charge in [-0.3, -0.25) is 4.79 Å². The topological polar surface area (TPSA) is 30.2 Å². The van der Waals surface area contributed by atoms with Gasteiger partial charge in [0.05, 0.1) is 0 Å². The van der Waals surface area contributed by atoms with Crippen LogP contribution in [0.25, 0.3) is 11.0 Å². The lowest BCUT2D eigenvalue weighted by Crippen LogP contribution is -2.00. The average Bonchev–Trinajstić information content (AvgIpc) is 2.75. The minimum Gasteiger partial charge on any atom is -0.452 e. The average molecular weight is 250 g/mol. The molecule has 0 spiro atoms. The van der Waals surface area contributed by atoms with Crippen LogP contribution in [-0.4, -0.2) is 5.78 Å². The first-order valence-corrected chi connectivity index (χ1v) is 6.26. The Morgan fingerprint density at radius 2 is 1.74 bits per heavy atom. The van der Waals surface area contributed by atoms with Crippen LogP contribution in [0.5, 0.6) is 0 Å². The van der Waals surface area contributed by atoms with Gasteiger partial charge < -0.3 is 4.42 Å². The van der Waals surface area contributed by atoms with Crippen molar-refractivity contribution < 1.29 is 9.21 Å². The highest BCUT2D eigenvalue weighted by molar-refractivity contribution is 6.10. The number of furan rings is 1. The second-order valence-electron chi connectivity index (χ2n) is 4.75. The number of hydrogen-bond acceptors (Lipinski definition) is 2. The van der Waals surface area contributed by atoms with Gasteiger partial charge in [0.15, 0.2) is 5.76 Å². The van der Waals surface area contributed by atoms with Crippen LogP contribution in [0.15, 0.2) is 52.9 Å². The van der Waals surface area contributed by atoms with E-state index in [1.807, 2.05) is 50.2 Å². The van der Waals surface area contributed by atoms with Gasteiger partial charge in [-0.2, -0.15) is 0 Å². The monoisotopic (exact) mass is 250 g/mol. The molecule has 0 N–H and O–H groups in total. The van der Waals surface area contributed by atoms with Crippen LogP contribution in [0, 0.1) is 13.8 Å². The fraction of sp³-hybridized carbons (Fsp3) is 0.118. The zero-order valence-corrected chi connectivity index (χ0v) is 10.9. The largest absolute Gasteiger partial charge is 0.452 e. The second kappa shape index (κ2) is 4.39. The summed E-state index contributed by atoms with van der Waals surface area (Å²) in [7, 11) is 0. The lowest BCUT2D eigenvalue weighted by Gasteiger charge is -1.97. The molecule has 0 aliphatic carbocycles. The van der Waals surface area contributed by atoms with Crippen LogP contribution in [-0.2, 0) is 0 Å². The number of ketones is 1. The number of benzene rings is 2. The molecule has 1 heterocycles. The maximum atomic E-state index is 12.4. The Kier molecular flexibility index (Phi) is 2.71. The standard InChI is InChI=1S/C17H14O2/c1-11-8-9-14-12(2)17(19-15(14)10-11)16(18)13-6-4-3-5-7-13/h3-10H,1-2H3. The first kappa shape index (κ1) is 11.7. The zero-order chi connectivity index (χ0) is 13.4. The zero-order valence-electron chi connectivity index (χ0n) is 10.9. The van der Waals surface area contributed by atoms with Crippen molar-refractivity contribution >= 4 is 16.8 Å². The summed E-state index contributed by atoms with van der Waals surface area (Å²) in [5.41, 5.74) is 3.46. The van der Waals surface area contributed by atoms with Gasteiger partial charge >= 0.3 is 0 Å². The van der Waals surface area contributed by atoms with Gasteiger partial charge in [-0.25, -0.2) is 0 Å². The van der Waals surface area contributed by atoms with Crippen LogP contribution in [0.4, 0.5) is 0 Å². The predicted octanol–water partition coefficient (Wildman–Crippen LogP) is 4.28. The molecule has 0 fully saturated rings. The number of carbonyl (C=O) groups excluding carboxylic acids is 1. The maximum absolute atomic E-state index is 12.4. The first-order valence-electron chi connectivity index (χ1n) is 6.26. The Morgan fingerprint density at radius 3 is 2.47 bits per heavy atom. The third-order valence-electron chi connectivity index (χ3n) is 3.34. The minimum atomic E-state index is -0.0630. The smallest absolute Gasteiger partial charge is 0.228 e. The van der Waals surface area contributed by atoms with Crippen LogP contribution < -0.4 is 0 Å². The van der Waals surface area contributed by atoms with Gasteiger partial charge in [-0.1, -0.05) is 42.5 Å². The van der Waals surface area contributed by atoms with Crippen LogP contribution >= 0.6 is 0 Å². The van der Waals surface area contributed by atoms with Crippen molar-refractivity contribution in [2.75, 3.05) is 0 Å². The summed E-state index contributed by atoms with van der Waals surface area (Å²) >= 11 is 0. The van der Waals surface area contributed by atoms with Crippen molar-refractivity contribution in [3.05, 3.63) is 71.0 Å². The lowest BCUT2D eigenvalue weighted by molar-refractivity contribution is 0.101. The quantitative estimate of drug-likeness (QED) is 0.635. The van der Waals surface area contributed by atoms with Crippen molar-refractivity contribution in [2.24, 2.45) is 0 Å². The molecule has 1 aromatic heterocycles. The Hall–Kier alpha value is -2.35. The summed E-state index contributed by atoms with van der Waals surface area (Å²) in [5, 5.41) is 1.00. The summed E-state index contributed by atoms with van der Waals surface area (Å²) in [5.74, 6) is 0.374. The molecule has 0 radical (unpaired) electrons. The van der Waals surface area contributed by atoms with E-state index in [1.165, 1.54) is 0 Å². The van der Waals surface area contributed by atoms with Gasteiger partial charge in [-0.15, -0.1) is 0 Å². The fourth-order valence-electron chi connectivity index (χ4n) is 2.27. The molecule has 2 aromatic carbocycles. The highest BCUT2D eigenvalue weighted by Crippen LogP contribution is 2.27. The van der Waals surface area contributed by atoms with Gasteiger partial charge in [0, 0.05) is 16.5 Å². The first-order chi connectivity index (χ1) is 9.16.